The Bertz CT molecular complexity index is 389. The summed E-state index contributed by atoms with van der Waals surface area (Å²) in [7, 11) is 0. The van der Waals surface area contributed by atoms with Crippen LogP contribution in [0.4, 0.5) is 0 Å². The second-order valence-electron chi connectivity index (χ2n) is 6.20. The Morgan fingerprint density at radius 1 is 0.955 bits per heavy atom. The average molecular weight is 310 g/mol. The molecule has 0 bridgehead atoms. The fraction of sp³-hybridized carbons (Fsp3) is 0.778. The second kappa shape index (κ2) is 9.65. The van der Waals surface area contributed by atoms with Gasteiger partial charge in [0.2, 0.25) is 0 Å². The van der Waals surface area contributed by atoms with Gasteiger partial charge in [0.1, 0.15) is 5.57 Å². The first-order valence-corrected chi connectivity index (χ1v) is 8.57. The van der Waals surface area contributed by atoms with Crippen LogP contribution in [0.15, 0.2) is 11.1 Å². The molecule has 22 heavy (non-hydrogen) atoms. The third kappa shape index (κ3) is 5.15. The molecule has 1 saturated carbocycles. The van der Waals surface area contributed by atoms with E-state index < -0.39 is 11.9 Å². The maximum absolute atomic E-state index is 12.3. The number of hydrogen-bond acceptors (Lipinski definition) is 4. The minimum absolute atomic E-state index is 0.126. The van der Waals surface area contributed by atoms with Gasteiger partial charge >= 0.3 is 11.9 Å². The lowest BCUT2D eigenvalue weighted by Crippen LogP contribution is -2.26. The molecular formula is C18H30O4. The van der Waals surface area contributed by atoms with Gasteiger partial charge in [-0.3, -0.25) is 0 Å². The van der Waals surface area contributed by atoms with E-state index in [9.17, 15) is 9.59 Å². The van der Waals surface area contributed by atoms with Crippen molar-refractivity contribution in [2.75, 3.05) is 13.2 Å². The molecule has 0 radical (unpaired) electrons. The predicted octanol–water partition coefficient (Wildman–Crippen LogP) is 4.04. The molecule has 4 nitrogen and oxygen atoms in total. The number of carbonyl (C=O) groups is 2. The van der Waals surface area contributed by atoms with Crippen LogP contribution >= 0.6 is 0 Å². The zero-order chi connectivity index (χ0) is 16.5. The Kier molecular flexibility index (Phi) is 8.21. The van der Waals surface area contributed by atoms with E-state index in [1.54, 1.807) is 0 Å². The van der Waals surface area contributed by atoms with Gasteiger partial charge in [-0.05, 0) is 43.6 Å². The molecule has 0 aromatic rings. The van der Waals surface area contributed by atoms with E-state index in [4.69, 9.17) is 9.47 Å². The van der Waals surface area contributed by atoms with Crippen molar-refractivity contribution in [3.8, 4) is 0 Å². The highest BCUT2D eigenvalue weighted by molar-refractivity contribution is 6.14. The zero-order valence-electron chi connectivity index (χ0n) is 14.4. The average Bonchev–Trinajstić information content (AvgIpc) is 2.51. The molecule has 2 unspecified atom stereocenters. The highest BCUT2D eigenvalue weighted by atomic mass is 16.6. The molecule has 1 aliphatic carbocycles. The van der Waals surface area contributed by atoms with Crippen LogP contribution < -0.4 is 0 Å². The van der Waals surface area contributed by atoms with Gasteiger partial charge in [-0.2, -0.15) is 0 Å². The monoisotopic (exact) mass is 310 g/mol. The third-order valence-corrected chi connectivity index (χ3v) is 4.34. The maximum atomic E-state index is 12.3. The largest absolute Gasteiger partial charge is 0.462 e. The Morgan fingerprint density at radius 2 is 1.45 bits per heavy atom. The van der Waals surface area contributed by atoms with E-state index in [0.29, 0.717) is 19.1 Å². The van der Waals surface area contributed by atoms with Gasteiger partial charge in [-0.15, -0.1) is 0 Å². The Balaban J connectivity index is 3.01. The van der Waals surface area contributed by atoms with Crippen molar-refractivity contribution in [2.24, 2.45) is 11.8 Å². The van der Waals surface area contributed by atoms with Crippen LogP contribution in [0.5, 0.6) is 0 Å². The first-order chi connectivity index (χ1) is 10.5. The molecule has 0 aromatic carbocycles. The van der Waals surface area contributed by atoms with E-state index in [0.717, 1.165) is 37.7 Å². The summed E-state index contributed by atoms with van der Waals surface area (Å²) < 4.78 is 10.4. The van der Waals surface area contributed by atoms with Gasteiger partial charge in [-0.1, -0.05) is 40.0 Å². The van der Waals surface area contributed by atoms with E-state index in [2.05, 4.69) is 6.92 Å². The number of esters is 2. The predicted molar refractivity (Wildman–Crippen MR) is 86.3 cm³/mol. The highest BCUT2D eigenvalue weighted by Crippen LogP contribution is 2.36. The molecule has 2 atom stereocenters. The van der Waals surface area contributed by atoms with E-state index in [-0.39, 0.29) is 11.5 Å². The summed E-state index contributed by atoms with van der Waals surface area (Å²) in [5.41, 5.74) is 0.968. The number of carbonyl (C=O) groups excluding carboxylic acids is 2. The van der Waals surface area contributed by atoms with Crippen LogP contribution in [0, 0.1) is 11.8 Å². The standard InChI is InChI=1S/C18H30O4/c1-5-11-21-17(19)16(18(20)22-12-6-2)14(4)15-10-8-7-9-13(15)3/h13,15H,5-12H2,1-4H3. The van der Waals surface area contributed by atoms with Crippen molar-refractivity contribution in [3.63, 3.8) is 0 Å². The number of allylic oxidation sites excluding steroid dienone is 1. The van der Waals surface area contributed by atoms with Crippen LogP contribution in [0.25, 0.3) is 0 Å². The van der Waals surface area contributed by atoms with Crippen LogP contribution in [0.3, 0.4) is 0 Å². The first kappa shape index (κ1) is 18.7. The summed E-state index contributed by atoms with van der Waals surface area (Å²) in [5.74, 6) is -0.301. The van der Waals surface area contributed by atoms with E-state index >= 15 is 0 Å². The number of ether oxygens (including phenoxy) is 2. The summed E-state index contributed by atoms with van der Waals surface area (Å²) in [6.07, 6.45) is 6.01. The number of rotatable bonds is 7. The molecule has 0 N–H and O–H groups in total. The summed E-state index contributed by atoms with van der Waals surface area (Å²) >= 11 is 0. The molecular weight excluding hydrogens is 280 g/mol. The third-order valence-electron chi connectivity index (χ3n) is 4.34. The molecule has 0 amide bonds. The second-order valence-corrected chi connectivity index (χ2v) is 6.20. The summed E-state index contributed by atoms with van der Waals surface area (Å²) in [4.78, 5) is 24.6. The summed E-state index contributed by atoms with van der Waals surface area (Å²) in [5, 5.41) is 0. The van der Waals surface area contributed by atoms with Crippen molar-refractivity contribution >= 4 is 11.9 Å². The van der Waals surface area contributed by atoms with E-state index in [1.807, 2.05) is 20.8 Å². The lowest BCUT2D eigenvalue weighted by molar-refractivity contribution is -0.147. The smallest absolute Gasteiger partial charge is 0.345 e. The molecule has 0 aliphatic heterocycles. The molecule has 1 fully saturated rings. The number of hydrogen-bond donors (Lipinski definition) is 0. The highest BCUT2D eigenvalue weighted by Gasteiger charge is 2.31. The Morgan fingerprint density at radius 3 is 1.91 bits per heavy atom. The minimum Gasteiger partial charge on any atom is -0.462 e. The molecule has 0 aromatic heterocycles. The quantitative estimate of drug-likeness (QED) is 0.308. The molecule has 0 saturated heterocycles. The van der Waals surface area contributed by atoms with Crippen LogP contribution in [-0.2, 0) is 19.1 Å². The van der Waals surface area contributed by atoms with Gasteiger partial charge in [-0.25, -0.2) is 9.59 Å². The molecule has 0 spiro atoms. The van der Waals surface area contributed by atoms with Gasteiger partial charge in [0, 0.05) is 0 Å². The fourth-order valence-corrected chi connectivity index (χ4v) is 3.08. The van der Waals surface area contributed by atoms with Crippen LogP contribution in [0.1, 0.15) is 66.2 Å². The molecule has 1 rings (SSSR count). The molecule has 1 aliphatic rings. The van der Waals surface area contributed by atoms with Crippen molar-refractivity contribution in [1.82, 2.24) is 0 Å². The Labute approximate surface area is 134 Å². The van der Waals surface area contributed by atoms with Crippen molar-refractivity contribution in [1.29, 1.82) is 0 Å². The Hall–Kier alpha value is -1.32. The van der Waals surface area contributed by atoms with Crippen LogP contribution in [0.2, 0.25) is 0 Å². The van der Waals surface area contributed by atoms with E-state index in [1.165, 1.54) is 6.42 Å². The lowest BCUT2D eigenvalue weighted by atomic mass is 9.75. The van der Waals surface area contributed by atoms with Crippen molar-refractivity contribution in [3.05, 3.63) is 11.1 Å². The van der Waals surface area contributed by atoms with Crippen molar-refractivity contribution < 1.29 is 19.1 Å². The summed E-state index contributed by atoms with van der Waals surface area (Å²) in [6, 6.07) is 0. The normalized spacial score (nSPS) is 21.1. The van der Waals surface area contributed by atoms with Crippen molar-refractivity contribution in [2.45, 2.75) is 66.2 Å². The fourth-order valence-electron chi connectivity index (χ4n) is 3.08. The van der Waals surface area contributed by atoms with Gasteiger partial charge in [0.25, 0.3) is 0 Å². The lowest BCUT2D eigenvalue weighted by Gasteiger charge is -2.30. The first-order valence-electron chi connectivity index (χ1n) is 8.57. The topological polar surface area (TPSA) is 52.6 Å². The van der Waals surface area contributed by atoms with Gasteiger partial charge in [0.15, 0.2) is 0 Å². The molecule has 0 heterocycles. The SMILES string of the molecule is CCCOC(=O)C(C(=O)OCCC)=C(C)C1CCCCC1C. The molecule has 4 heteroatoms. The zero-order valence-corrected chi connectivity index (χ0v) is 14.4. The van der Waals surface area contributed by atoms with Crippen LogP contribution in [-0.4, -0.2) is 25.2 Å². The molecule has 126 valence electrons. The minimum atomic E-state index is -0.529. The summed E-state index contributed by atoms with van der Waals surface area (Å²) in [6.45, 7) is 8.61. The van der Waals surface area contributed by atoms with Gasteiger partial charge in [0.05, 0.1) is 13.2 Å². The maximum Gasteiger partial charge on any atom is 0.345 e. The van der Waals surface area contributed by atoms with Gasteiger partial charge < -0.3 is 9.47 Å².